The topological polar surface area (TPSA) is 88.8 Å². The fourth-order valence-electron chi connectivity index (χ4n) is 2.79. The molecule has 0 saturated carbocycles. The van der Waals surface area contributed by atoms with Crippen molar-refractivity contribution in [1.29, 1.82) is 0 Å². The van der Waals surface area contributed by atoms with Gasteiger partial charge in [0.25, 0.3) is 0 Å². The van der Waals surface area contributed by atoms with Crippen molar-refractivity contribution in [3.8, 4) is 5.75 Å². The van der Waals surface area contributed by atoms with Crippen LogP contribution in [0.5, 0.6) is 5.75 Å². The molecular formula is C16H17NO5. The van der Waals surface area contributed by atoms with Gasteiger partial charge in [0.1, 0.15) is 23.0 Å². The molecule has 22 heavy (non-hydrogen) atoms. The Morgan fingerprint density at radius 2 is 1.95 bits per heavy atom. The summed E-state index contributed by atoms with van der Waals surface area (Å²) in [5, 5.41) is 14.0. The van der Waals surface area contributed by atoms with Crippen molar-refractivity contribution >= 4 is 16.9 Å². The maximum atomic E-state index is 11.5. The third kappa shape index (κ3) is 2.25. The monoisotopic (exact) mass is 303 g/mol. The van der Waals surface area contributed by atoms with Crippen molar-refractivity contribution in [2.24, 2.45) is 0 Å². The molecule has 1 aliphatic heterocycles. The van der Waals surface area contributed by atoms with Crippen molar-refractivity contribution in [2.75, 3.05) is 0 Å². The van der Waals surface area contributed by atoms with E-state index in [0.29, 0.717) is 22.3 Å². The maximum absolute atomic E-state index is 11.5. The number of carbonyl (C=O) groups excluding carboxylic acids is 1. The lowest BCUT2D eigenvalue weighted by Gasteiger charge is -2.42. The number of carbonyl (C=O) groups is 1. The Labute approximate surface area is 126 Å². The molecule has 0 aliphatic carbocycles. The van der Waals surface area contributed by atoms with Crippen LogP contribution >= 0.6 is 0 Å². The molecule has 2 aromatic rings. The standard InChI is InChI=1S/C16H17NO5/c1-8(18)17-13-12-10(22-16(2,3)15(13)20)6-4-9-5-7-11(19)21-14(9)12/h4-7,13,15,20H,1-3H3,(H,17,18)/t13-,15-/m1/s1. The molecule has 0 unspecified atom stereocenters. The van der Waals surface area contributed by atoms with Gasteiger partial charge in [-0.25, -0.2) is 4.79 Å². The van der Waals surface area contributed by atoms with Gasteiger partial charge >= 0.3 is 5.63 Å². The third-order valence-corrected chi connectivity index (χ3v) is 3.86. The molecule has 1 aliphatic rings. The minimum absolute atomic E-state index is 0.289. The van der Waals surface area contributed by atoms with E-state index in [1.165, 1.54) is 13.0 Å². The van der Waals surface area contributed by atoms with Crippen molar-refractivity contribution in [1.82, 2.24) is 5.32 Å². The number of amides is 1. The number of nitrogens with one attached hydrogen (secondary N) is 1. The average Bonchev–Trinajstić information content (AvgIpc) is 2.42. The molecule has 116 valence electrons. The van der Waals surface area contributed by atoms with Crippen molar-refractivity contribution in [2.45, 2.75) is 38.5 Å². The van der Waals surface area contributed by atoms with Gasteiger partial charge in [0.15, 0.2) is 0 Å². The van der Waals surface area contributed by atoms with E-state index in [-0.39, 0.29) is 5.91 Å². The lowest BCUT2D eigenvalue weighted by molar-refractivity contribution is -0.123. The van der Waals surface area contributed by atoms with Crippen LogP contribution in [0.2, 0.25) is 0 Å². The summed E-state index contributed by atoms with van der Waals surface area (Å²) in [4.78, 5) is 23.1. The number of hydrogen-bond acceptors (Lipinski definition) is 5. The van der Waals surface area contributed by atoms with E-state index in [0.717, 1.165) is 0 Å². The molecule has 6 heteroatoms. The van der Waals surface area contributed by atoms with Gasteiger partial charge in [-0.1, -0.05) is 0 Å². The summed E-state index contributed by atoms with van der Waals surface area (Å²) in [7, 11) is 0. The zero-order chi connectivity index (χ0) is 16.1. The van der Waals surface area contributed by atoms with E-state index in [2.05, 4.69) is 5.32 Å². The highest BCUT2D eigenvalue weighted by molar-refractivity contribution is 5.84. The van der Waals surface area contributed by atoms with Gasteiger partial charge in [-0.2, -0.15) is 0 Å². The lowest BCUT2D eigenvalue weighted by Crippen LogP contribution is -2.53. The zero-order valence-corrected chi connectivity index (χ0v) is 12.5. The first-order valence-electron chi connectivity index (χ1n) is 7.00. The normalized spacial score (nSPS) is 22.7. The highest BCUT2D eigenvalue weighted by Crippen LogP contribution is 2.43. The first-order chi connectivity index (χ1) is 10.3. The molecule has 6 nitrogen and oxygen atoms in total. The Bertz CT molecular complexity index is 808. The van der Waals surface area contributed by atoms with Gasteiger partial charge in [0, 0.05) is 18.4 Å². The van der Waals surface area contributed by atoms with Crippen LogP contribution in [0.3, 0.4) is 0 Å². The molecule has 0 fully saturated rings. The predicted molar refractivity (Wildman–Crippen MR) is 79.8 cm³/mol. The van der Waals surface area contributed by atoms with Crippen LogP contribution < -0.4 is 15.7 Å². The summed E-state index contributed by atoms with van der Waals surface area (Å²) < 4.78 is 11.1. The van der Waals surface area contributed by atoms with E-state index < -0.39 is 23.4 Å². The smallest absolute Gasteiger partial charge is 0.336 e. The number of aliphatic hydroxyl groups excluding tert-OH is 1. The largest absolute Gasteiger partial charge is 0.485 e. The molecule has 2 heterocycles. The number of fused-ring (bicyclic) bond motifs is 3. The fraction of sp³-hybridized carbons (Fsp3) is 0.375. The van der Waals surface area contributed by atoms with E-state index in [4.69, 9.17) is 9.15 Å². The number of aliphatic hydroxyl groups is 1. The fourth-order valence-corrected chi connectivity index (χ4v) is 2.79. The Morgan fingerprint density at radius 3 is 2.64 bits per heavy atom. The van der Waals surface area contributed by atoms with Gasteiger partial charge in [-0.05, 0) is 32.0 Å². The van der Waals surface area contributed by atoms with Gasteiger partial charge in [-0.15, -0.1) is 0 Å². The predicted octanol–water partition coefficient (Wildman–Crippen LogP) is 1.50. The summed E-state index contributed by atoms with van der Waals surface area (Å²) in [6, 6.07) is 5.77. The summed E-state index contributed by atoms with van der Waals surface area (Å²) in [5.74, 6) is 0.193. The van der Waals surface area contributed by atoms with E-state index in [1.54, 1.807) is 32.0 Å². The molecule has 1 aromatic carbocycles. The number of rotatable bonds is 1. The van der Waals surface area contributed by atoms with Crippen LogP contribution in [0, 0.1) is 0 Å². The minimum Gasteiger partial charge on any atom is -0.485 e. The highest BCUT2D eigenvalue weighted by atomic mass is 16.5. The quantitative estimate of drug-likeness (QED) is 0.779. The van der Waals surface area contributed by atoms with E-state index in [1.807, 2.05) is 0 Å². The second-order valence-electron chi connectivity index (χ2n) is 5.98. The average molecular weight is 303 g/mol. The Kier molecular flexibility index (Phi) is 3.21. The van der Waals surface area contributed by atoms with Gasteiger partial charge in [0.05, 0.1) is 11.6 Å². The van der Waals surface area contributed by atoms with Crippen LogP contribution in [0.4, 0.5) is 0 Å². The molecule has 1 amide bonds. The third-order valence-electron chi connectivity index (χ3n) is 3.86. The molecule has 3 rings (SSSR count). The van der Waals surface area contributed by atoms with Crippen LogP contribution in [-0.4, -0.2) is 22.7 Å². The summed E-state index contributed by atoms with van der Waals surface area (Å²) in [6.45, 7) is 4.84. The van der Waals surface area contributed by atoms with Gasteiger partial charge < -0.3 is 19.6 Å². The number of benzene rings is 1. The zero-order valence-electron chi connectivity index (χ0n) is 12.5. The van der Waals surface area contributed by atoms with E-state index in [9.17, 15) is 14.7 Å². The van der Waals surface area contributed by atoms with Crippen molar-refractivity contribution in [3.63, 3.8) is 0 Å². The van der Waals surface area contributed by atoms with Crippen molar-refractivity contribution < 1.29 is 19.1 Å². The Balaban J connectivity index is 2.30. The summed E-state index contributed by atoms with van der Waals surface area (Å²) in [6.07, 6.45) is -0.986. The van der Waals surface area contributed by atoms with E-state index >= 15 is 0 Å². The summed E-state index contributed by atoms with van der Waals surface area (Å²) in [5.41, 5.74) is -0.583. The first kappa shape index (κ1) is 14.6. The van der Waals surface area contributed by atoms with Crippen LogP contribution in [0.1, 0.15) is 32.4 Å². The molecule has 1 aromatic heterocycles. The minimum atomic E-state index is -0.986. The summed E-state index contributed by atoms with van der Waals surface area (Å²) >= 11 is 0. The molecule has 0 saturated heterocycles. The van der Waals surface area contributed by atoms with Crippen LogP contribution in [0.25, 0.3) is 11.0 Å². The molecule has 0 radical (unpaired) electrons. The maximum Gasteiger partial charge on any atom is 0.336 e. The molecule has 2 N–H and O–H groups in total. The van der Waals surface area contributed by atoms with Crippen LogP contribution in [-0.2, 0) is 4.79 Å². The van der Waals surface area contributed by atoms with Crippen molar-refractivity contribution in [3.05, 3.63) is 40.2 Å². The van der Waals surface area contributed by atoms with Gasteiger partial charge in [0.2, 0.25) is 5.91 Å². The highest BCUT2D eigenvalue weighted by Gasteiger charge is 2.44. The molecule has 2 atom stereocenters. The van der Waals surface area contributed by atoms with Gasteiger partial charge in [-0.3, -0.25) is 4.79 Å². The molecule has 0 spiro atoms. The molecule has 0 bridgehead atoms. The first-order valence-corrected chi connectivity index (χ1v) is 7.00. The Morgan fingerprint density at radius 1 is 1.27 bits per heavy atom. The van der Waals surface area contributed by atoms with Crippen LogP contribution in [0.15, 0.2) is 33.5 Å². The lowest BCUT2D eigenvalue weighted by atomic mass is 9.85. The number of ether oxygens (including phenoxy) is 1. The Hall–Kier alpha value is -2.34. The SMILES string of the molecule is CC(=O)N[C@@H]1c2c(ccc3ccc(=O)oc23)OC(C)(C)[C@@H]1O. The molecular weight excluding hydrogens is 286 g/mol. The second kappa shape index (κ2) is 4.84. The second-order valence-corrected chi connectivity index (χ2v) is 5.98. The number of hydrogen-bond donors (Lipinski definition) is 2.